The molecule has 0 fully saturated rings. The fraction of sp³-hybridized carbons (Fsp3) is 0.111. The predicted octanol–water partition coefficient (Wildman–Crippen LogP) is 4.31. The molecule has 5 heteroatoms. The van der Waals surface area contributed by atoms with Gasteiger partial charge in [-0.3, -0.25) is 0 Å². The first-order chi connectivity index (χ1) is 6.61. The van der Waals surface area contributed by atoms with Crippen molar-refractivity contribution >= 4 is 37.4 Å². The number of phenols is 1. The number of halogens is 3. The first-order valence-corrected chi connectivity index (χ1v) is 5.45. The summed E-state index contributed by atoms with van der Waals surface area (Å²) in [7, 11) is 0. The fourth-order valence-electron chi connectivity index (χ4n) is 1.32. The highest BCUT2D eigenvalue weighted by Gasteiger charge is 2.19. The Labute approximate surface area is 91.1 Å². The van der Waals surface area contributed by atoms with Crippen LogP contribution in [0.3, 0.4) is 0 Å². The lowest BCUT2D eigenvalue weighted by atomic mass is 10.1. The molecule has 0 unspecified atom stereocenters. The largest absolute Gasteiger partial charge is 0.506 e. The quantitative estimate of drug-likeness (QED) is 0.824. The molecule has 0 aliphatic rings. The van der Waals surface area contributed by atoms with Gasteiger partial charge in [-0.1, -0.05) is 0 Å². The third kappa shape index (κ3) is 1.40. The summed E-state index contributed by atoms with van der Waals surface area (Å²) < 4.78 is 26.3. The van der Waals surface area contributed by atoms with E-state index in [-0.39, 0.29) is 11.3 Å². The van der Waals surface area contributed by atoms with E-state index in [2.05, 4.69) is 15.9 Å². The highest BCUT2D eigenvalue weighted by molar-refractivity contribution is 9.10. The average molecular weight is 279 g/mol. The van der Waals surface area contributed by atoms with Crippen molar-refractivity contribution in [2.75, 3.05) is 0 Å². The summed E-state index contributed by atoms with van der Waals surface area (Å²) in [5.41, 5.74) is -0.296. The van der Waals surface area contributed by atoms with Gasteiger partial charge in [-0.15, -0.1) is 11.3 Å². The lowest BCUT2D eigenvalue weighted by Gasteiger charge is -2.06. The van der Waals surface area contributed by atoms with Crippen molar-refractivity contribution in [3.63, 3.8) is 0 Å². The van der Waals surface area contributed by atoms with E-state index in [1.165, 1.54) is 11.3 Å². The summed E-state index contributed by atoms with van der Waals surface area (Å²) in [4.78, 5) is 0. The number of phenolic OH excluding ortho intramolecular Hbond substituents is 1. The summed E-state index contributed by atoms with van der Waals surface area (Å²) in [5.74, 6) is -0.370. The van der Waals surface area contributed by atoms with Crippen LogP contribution in [0.5, 0.6) is 5.75 Å². The molecule has 0 amide bonds. The smallest absolute Gasteiger partial charge is 0.268 e. The van der Waals surface area contributed by atoms with Gasteiger partial charge in [-0.2, -0.15) is 0 Å². The number of rotatable bonds is 1. The fourth-order valence-corrected chi connectivity index (χ4v) is 2.75. The van der Waals surface area contributed by atoms with E-state index in [0.29, 0.717) is 9.86 Å². The Balaban J connectivity index is 2.86. The molecule has 2 aromatic rings. The second-order valence-corrected chi connectivity index (χ2v) is 4.56. The van der Waals surface area contributed by atoms with E-state index in [1.807, 2.05) is 0 Å². The average Bonchev–Trinajstić information content (AvgIpc) is 2.52. The van der Waals surface area contributed by atoms with Gasteiger partial charge in [0.2, 0.25) is 0 Å². The number of benzene rings is 1. The molecule has 0 bridgehead atoms. The minimum atomic E-state index is -2.66. The molecule has 0 saturated heterocycles. The molecule has 0 saturated carbocycles. The van der Waals surface area contributed by atoms with Crippen LogP contribution < -0.4 is 0 Å². The molecule has 1 heterocycles. The zero-order valence-electron chi connectivity index (χ0n) is 6.80. The molecule has 2 rings (SSSR count). The maximum absolute atomic E-state index is 12.6. The van der Waals surface area contributed by atoms with Crippen LogP contribution >= 0.6 is 27.3 Å². The molecule has 0 atom stereocenters. The van der Waals surface area contributed by atoms with Crippen LogP contribution in [-0.4, -0.2) is 5.11 Å². The standard InChI is InChI=1S/C9H5BrF2OS/c10-5-3-6-4(1-2-14-6)7(8(5)13)9(11)12/h1-3,9,13H. The lowest BCUT2D eigenvalue weighted by Crippen LogP contribution is -1.87. The monoisotopic (exact) mass is 278 g/mol. The Kier molecular flexibility index (Phi) is 2.45. The van der Waals surface area contributed by atoms with E-state index in [9.17, 15) is 13.9 Å². The summed E-state index contributed by atoms with van der Waals surface area (Å²) >= 11 is 4.41. The molecular weight excluding hydrogens is 274 g/mol. The molecular formula is C9H5BrF2OS. The summed E-state index contributed by atoms with van der Waals surface area (Å²) in [5, 5.41) is 11.6. The Bertz CT molecular complexity index is 481. The highest BCUT2D eigenvalue weighted by Crippen LogP contribution is 2.41. The van der Waals surface area contributed by atoms with Crippen molar-refractivity contribution in [3.05, 3.63) is 27.5 Å². The van der Waals surface area contributed by atoms with Gasteiger partial charge in [0.05, 0.1) is 10.0 Å². The zero-order valence-corrected chi connectivity index (χ0v) is 9.20. The summed E-state index contributed by atoms with van der Waals surface area (Å²) in [6.45, 7) is 0. The number of aromatic hydroxyl groups is 1. The van der Waals surface area contributed by atoms with Gasteiger partial charge in [0.25, 0.3) is 6.43 Å². The predicted molar refractivity (Wildman–Crippen MR) is 56.1 cm³/mol. The van der Waals surface area contributed by atoms with Crippen molar-refractivity contribution in [3.8, 4) is 5.75 Å². The second-order valence-electron chi connectivity index (χ2n) is 2.75. The molecule has 74 valence electrons. The number of thiophene rings is 1. The van der Waals surface area contributed by atoms with E-state index >= 15 is 0 Å². The van der Waals surface area contributed by atoms with Crippen molar-refractivity contribution < 1.29 is 13.9 Å². The van der Waals surface area contributed by atoms with Gasteiger partial charge >= 0.3 is 0 Å². The van der Waals surface area contributed by atoms with Gasteiger partial charge < -0.3 is 5.11 Å². The van der Waals surface area contributed by atoms with Crippen LogP contribution in [0, 0.1) is 0 Å². The van der Waals surface area contributed by atoms with Crippen LogP contribution in [0.1, 0.15) is 12.0 Å². The molecule has 1 aromatic heterocycles. The maximum Gasteiger partial charge on any atom is 0.268 e. The molecule has 0 spiro atoms. The van der Waals surface area contributed by atoms with Crippen LogP contribution in [-0.2, 0) is 0 Å². The Morgan fingerprint density at radius 3 is 2.79 bits per heavy atom. The molecule has 0 aliphatic heterocycles. The van der Waals surface area contributed by atoms with Crippen LogP contribution in [0.2, 0.25) is 0 Å². The minimum Gasteiger partial charge on any atom is -0.506 e. The van der Waals surface area contributed by atoms with Crippen LogP contribution in [0.15, 0.2) is 22.0 Å². The second kappa shape index (κ2) is 3.47. The molecule has 0 aliphatic carbocycles. The zero-order chi connectivity index (χ0) is 10.3. The van der Waals surface area contributed by atoms with Crippen molar-refractivity contribution in [2.45, 2.75) is 6.43 Å². The first kappa shape index (κ1) is 9.86. The minimum absolute atomic E-state index is 0.296. The molecule has 14 heavy (non-hydrogen) atoms. The Morgan fingerprint density at radius 2 is 2.14 bits per heavy atom. The molecule has 0 radical (unpaired) electrons. The number of fused-ring (bicyclic) bond motifs is 1. The first-order valence-electron chi connectivity index (χ1n) is 3.78. The summed E-state index contributed by atoms with van der Waals surface area (Å²) in [6.07, 6.45) is -2.66. The Morgan fingerprint density at radius 1 is 1.43 bits per heavy atom. The topological polar surface area (TPSA) is 20.2 Å². The van der Waals surface area contributed by atoms with Crippen LogP contribution in [0.4, 0.5) is 8.78 Å². The number of hydrogen-bond acceptors (Lipinski definition) is 2. The van der Waals surface area contributed by atoms with E-state index < -0.39 is 6.43 Å². The van der Waals surface area contributed by atoms with E-state index in [4.69, 9.17) is 0 Å². The maximum atomic E-state index is 12.6. The number of alkyl halides is 2. The molecule has 1 nitrogen and oxygen atoms in total. The van der Waals surface area contributed by atoms with Crippen molar-refractivity contribution in [1.82, 2.24) is 0 Å². The van der Waals surface area contributed by atoms with E-state index in [1.54, 1.807) is 17.5 Å². The van der Waals surface area contributed by atoms with Crippen LogP contribution in [0.25, 0.3) is 10.1 Å². The van der Waals surface area contributed by atoms with Gasteiger partial charge in [-0.05, 0) is 33.4 Å². The SMILES string of the molecule is Oc1c(Br)cc2sccc2c1C(F)F. The molecule has 1 N–H and O–H groups in total. The van der Waals surface area contributed by atoms with Gasteiger partial charge in [0.1, 0.15) is 5.75 Å². The third-order valence-electron chi connectivity index (χ3n) is 1.94. The third-order valence-corrected chi connectivity index (χ3v) is 3.41. The van der Waals surface area contributed by atoms with Crippen molar-refractivity contribution in [2.24, 2.45) is 0 Å². The van der Waals surface area contributed by atoms with E-state index in [0.717, 1.165) is 4.70 Å². The molecule has 1 aromatic carbocycles. The van der Waals surface area contributed by atoms with Gasteiger partial charge in [0, 0.05) is 10.1 Å². The van der Waals surface area contributed by atoms with Crippen molar-refractivity contribution in [1.29, 1.82) is 0 Å². The summed E-state index contributed by atoms with van der Waals surface area (Å²) in [6, 6.07) is 3.23. The van der Waals surface area contributed by atoms with Gasteiger partial charge in [-0.25, -0.2) is 8.78 Å². The Hall–Kier alpha value is -0.680. The lowest BCUT2D eigenvalue weighted by molar-refractivity contribution is 0.149. The normalized spacial score (nSPS) is 11.4. The van der Waals surface area contributed by atoms with Gasteiger partial charge in [0.15, 0.2) is 0 Å². The number of hydrogen-bond donors (Lipinski definition) is 1. The highest BCUT2D eigenvalue weighted by atomic mass is 79.9.